The van der Waals surface area contributed by atoms with Gasteiger partial charge in [0.05, 0.1) is 18.8 Å². The number of hydrogen-bond donors (Lipinski definition) is 1. The van der Waals surface area contributed by atoms with Gasteiger partial charge in [0.2, 0.25) is 0 Å². The molecule has 0 amide bonds. The number of benzene rings is 1. The van der Waals surface area contributed by atoms with Crippen LogP contribution in [-0.2, 0) is 17.8 Å². The largest absolute Gasteiger partial charge is 0.373 e. The van der Waals surface area contributed by atoms with Gasteiger partial charge in [-0.1, -0.05) is 24.3 Å². The minimum absolute atomic E-state index is 0.322. The number of guanidine groups is 1. The van der Waals surface area contributed by atoms with Crippen molar-refractivity contribution < 1.29 is 4.74 Å². The molecule has 0 aromatic heterocycles. The molecule has 2 aliphatic rings. The predicted molar refractivity (Wildman–Crippen MR) is 107 cm³/mol. The van der Waals surface area contributed by atoms with Gasteiger partial charge >= 0.3 is 0 Å². The zero-order valence-electron chi connectivity index (χ0n) is 16.6. The first kappa shape index (κ1) is 19.2. The Morgan fingerprint density at radius 2 is 1.69 bits per heavy atom. The van der Waals surface area contributed by atoms with E-state index in [1.807, 2.05) is 0 Å². The molecule has 1 aromatic rings. The Balaban J connectivity index is 1.55. The SMILES string of the molecule is CCNC(=NCc1ccc(CN2CC(C)OC(C)C2)cc1)N1CCCC1. The van der Waals surface area contributed by atoms with Gasteiger partial charge in [0.25, 0.3) is 0 Å². The smallest absolute Gasteiger partial charge is 0.194 e. The molecule has 0 bridgehead atoms. The lowest BCUT2D eigenvalue weighted by atomic mass is 10.1. The maximum Gasteiger partial charge on any atom is 0.194 e. The lowest BCUT2D eigenvalue weighted by Crippen LogP contribution is -2.44. The Labute approximate surface area is 158 Å². The van der Waals surface area contributed by atoms with E-state index in [2.05, 4.69) is 60.2 Å². The first-order valence-corrected chi connectivity index (χ1v) is 10.1. The summed E-state index contributed by atoms with van der Waals surface area (Å²) in [6.45, 7) is 13.4. The van der Waals surface area contributed by atoms with Crippen LogP contribution in [0.25, 0.3) is 0 Å². The Bertz CT molecular complexity index is 570. The van der Waals surface area contributed by atoms with Crippen molar-refractivity contribution in [2.75, 3.05) is 32.7 Å². The second-order valence-electron chi connectivity index (χ2n) is 7.63. The molecule has 0 aliphatic carbocycles. The van der Waals surface area contributed by atoms with E-state index in [-0.39, 0.29) is 0 Å². The van der Waals surface area contributed by atoms with E-state index in [1.165, 1.54) is 24.0 Å². The van der Waals surface area contributed by atoms with Gasteiger partial charge in [-0.2, -0.15) is 0 Å². The molecule has 1 N–H and O–H groups in total. The average molecular weight is 359 g/mol. The number of aliphatic imine (C=N–C) groups is 1. The van der Waals surface area contributed by atoms with Crippen molar-refractivity contribution in [2.24, 2.45) is 4.99 Å². The van der Waals surface area contributed by atoms with Crippen LogP contribution < -0.4 is 5.32 Å². The standard InChI is InChI=1S/C21H34N4O/c1-4-22-21(25-11-5-6-12-25)23-13-19-7-9-20(10-8-19)16-24-14-17(2)26-18(3)15-24/h7-10,17-18H,4-6,11-16H2,1-3H3,(H,22,23). The Hall–Kier alpha value is -1.59. The van der Waals surface area contributed by atoms with Crippen LogP contribution in [0.4, 0.5) is 0 Å². The van der Waals surface area contributed by atoms with Crippen LogP contribution in [0.1, 0.15) is 44.7 Å². The van der Waals surface area contributed by atoms with Gasteiger partial charge in [-0.05, 0) is 44.7 Å². The van der Waals surface area contributed by atoms with Crippen LogP contribution >= 0.6 is 0 Å². The minimum atomic E-state index is 0.322. The van der Waals surface area contributed by atoms with Gasteiger partial charge in [-0.15, -0.1) is 0 Å². The van der Waals surface area contributed by atoms with Crippen molar-refractivity contribution in [3.63, 3.8) is 0 Å². The summed E-state index contributed by atoms with van der Waals surface area (Å²) < 4.78 is 5.82. The van der Waals surface area contributed by atoms with Crippen molar-refractivity contribution in [1.82, 2.24) is 15.1 Å². The molecular weight excluding hydrogens is 324 g/mol. The number of nitrogens with zero attached hydrogens (tertiary/aromatic N) is 3. The van der Waals surface area contributed by atoms with Crippen molar-refractivity contribution in [3.05, 3.63) is 35.4 Å². The van der Waals surface area contributed by atoms with E-state index in [0.717, 1.165) is 51.8 Å². The van der Waals surface area contributed by atoms with Gasteiger partial charge in [-0.3, -0.25) is 4.90 Å². The lowest BCUT2D eigenvalue weighted by Gasteiger charge is -2.35. The molecule has 0 spiro atoms. The van der Waals surface area contributed by atoms with Gasteiger partial charge < -0.3 is 15.0 Å². The summed E-state index contributed by atoms with van der Waals surface area (Å²) in [6.07, 6.45) is 3.19. The third kappa shape index (κ3) is 5.45. The molecule has 2 heterocycles. The summed E-state index contributed by atoms with van der Waals surface area (Å²) in [7, 11) is 0. The van der Waals surface area contributed by atoms with Crippen molar-refractivity contribution in [3.8, 4) is 0 Å². The highest BCUT2D eigenvalue weighted by Crippen LogP contribution is 2.15. The fraction of sp³-hybridized carbons (Fsp3) is 0.667. The number of nitrogens with one attached hydrogen (secondary N) is 1. The molecule has 2 atom stereocenters. The van der Waals surface area contributed by atoms with Crippen molar-refractivity contribution >= 4 is 5.96 Å². The van der Waals surface area contributed by atoms with Gasteiger partial charge in [0.1, 0.15) is 0 Å². The number of ether oxygens (including phenoxy) is 1. The topological polar surface area (TPSA) is 40.1 Å². The summed E-state index contributed by atoms with van der Waals surface area (Å²) >= 11 is 0. The zero-order chi connectivity index (χ0) is 18.4. The molecule has 2 aliphatic heterocycles. The lowest BCUT2D eigenvalue weighted by molar-refractivity contribution is -0.0704. The van der Waals surface area contributed by atoms with E-state index < -0.39 is 0 Å². The van der Waals surface area contributed by atoms with Crippen LogP contribution in [0.3, 0.4) is 0 Å². The van der Waals surface area contributed by atoms with E-state index in [4.69, 9.17) is 9.73 Å². The normalized spacial score (nSPS) is 24.9. The fourth-order valence-corrected chi connectivity index (χ4v) is 3.94. The number of morpholine rings is 1. The van der Waals surface area contributed by atoms with E-state index >= 15 is 0 Å². The zero-order valence-corrected chi connectivity index (χ0v) is 16.6. The maximum absolute atomic E-state index is 5.82. The molecule has 5 heteroatoms. The Kier molecular flexibility index (Phi) is 6.92. The Morgan fingerprint density at radius 1 is 1.08 bits per heavy atom. The molecule has 3 rings (SSSR count). The fourth-order valence-electron chi connectivity index (χ4n) is 3.94. The van der Waals surface area contributed by atoms with Crippen molar-refractivity contribution in [1.29, 1.82) is 0 Å². The molecule has 2 fully saturated rings. The molecule has 2 saturated heterocycles. The average Bonchev–Trinajstić information content (AvgIpc) is 3.13. The first-order chi connectivity index (χ1) is 12.6. The van der Waals surface area contributed by atoms with Crippen LogP contribution in [-0.4, -0.2) is 60.7 Å². The maximum atomic E-state index is 5.82. The number of hydrogen-bond acceptors (Lipinski definition) is 3. The Morgan fingerprint density at radius 3 is 2.31 bits per heavy atom. The second kappa shape index (κ2) is 9.38. The van der Waals surface area contributed by atoms with Gasteiger partial charge in [-0.25, -0.2) is 4.99 Å². The predicted octanol–water partition coefficient (Wildman–Crippen LogP) is 2.86. The van der Waals surface area contributed by atoms with E-state index in [0.29, 0.717) is 12.2 Å². The molecule has 0 saturated carbocycles. The van der Waals surface area contributed by atoms with Crippen LogP contribution in [0, 0.1) is 0 Å². The first-order valence-electron chi connectivity index (χ1n) is 10.1. The quantitative estimate of drug-likeness (QED) is 0.649. The monoisotopic (exact) mass is 358 g/mol. The molecule has 1 aromatic carbocycles. The number of likely N-dealkylation sites (tertiary alicyclic amines) is 1. The molecule has 2 unspecified atom stereocenters. The molecular formula is C21H34N4O. The summed E-state index contributed by atoms with van der Waals surface area (Å²) in [5.41, 5.74) is 2.64. The van der Waals surface area contributed by atoms with E-state index in [1.54, 1.807) is 0 Å². The van der Waals surface area contributed by atoms with E-state index in [9.17, 15) is 0 Å². The molecule has 26 heavy (non-hydrogen) atoms. The number of rotatable bonds is 5. The third-order valence-corrected chi connectivity index (χ3v) is 5.08. The summed E-state index contributed by atoms with van der Waals surface area (Å²) in [5.74, 6) is 1.06. The highest BCUT2D eigenvalue weighted by atomic mass is 16.5. The molecule has 5 nitrogen and oxygen atoms in total. The van der Waals surface area contributed by atoms with Gasteiger partial charge in [0.15, 0.2) is 5.96 Å². The highest BCUT2D eigenvalue weighted by molar-refractivity contribution is 5.80. The van der Waals surface area contributed by atoms with Crippen molar-refractivity contribution in [2.45, 2.75) is 58.9 Å². The van der Waals surface area contributed by atoms with Crippen LogP contribution in [0.15, 0.2) is 29.3 Å². The molecule has 0 radical (unpaired) electrons. The highest BCUT2D eigenvalue weighted by Gasteiger charge is 2.22. The van der Waals surface area contributed by atoms with Crippen LogP contribution in [0.2, 0.25) is 0 Å². The van der Waals surface area contributed by atoms with Gasteiger partial charge in [0, 0.05) is 39.3 Å². The summed E-state index contributed by atoms with van der Waals surface area (Å²) in [6, 6.07) is 8.94. The van der Waals surface area contributed by atoms with Crippen LogP contribution in [0.5, 0.6) is 0 Å². The minimum Gasteiger partial charge on any atom is -0.373 e. The summed E-state index contributed by atoms with van der Waals surface area (Å²) in [4.78, 5) is 9.70. The molecule has 144 valence electrons. The third-order valence-electron chi connectivity index (χ3n) is 5.08. The second-order valence-corrected chi connectivity index (χ2v) is 7.63. The summed E-state index contributed by atoms with van der Waals surface area (Å²) in [5, 5.41) is 3.43.